The number of hydrogen-bond donors (Lipinski definition) is 2. The van der Waals surface area contributed by atoms with Gasteiger partial charge in [-0.25, -0.2) is 0 Å². The maximum atomic E-state index is 12.8. The lowest BCUT2D eigenvalue weighted by Crippen LogP contribution is -2.23. The van der Waals surface area contributed by atoms with Gasteiger partial charge in [0.05, 0.1) is 23.3 Å². The van der Waals surface area contributed by atoms with Crippen LogP contribution in [0.4, 0.5) is 17.1 Å². The fourth-order valence-electron chi connectivity index (χ4n) is 3.47. The lowest BCUT2D eigenvalue weighted by molar-refractivity contribution is -0.384. The molecule has 0 spiro atoms. The predicted octanol–water partition coefficient (Wildman–Crippen LogP) is 5.31. The molecule has 0 aliphatic heterocycles. The molecule has 0 aliphatic rings. The van der Waals surface area contributed by atoms with Crippen molar-refractivity contribution in [3.63, 3.8) is 0 Å². The fourth-order valence-corrected chi connectivity index (χ4v) is 4.35. The molecule has 1 heterocycles. The fraction of sp³-hybridized carbons (Fsp3) is 0.192. The van der Waals surface area contributed by atoms with Crippen molar-refractivity contribution in [3.05, 3.63) is 94.8 Å². The first-order valence-electron chi connectivity index (χ1n) is 11.6. The predicted molar refractivity (Wildman–Crippen MR) is 143 cm³/mol. The monoisotopic (exact) mass is 518 g/mol. The Morgan fingerprint density at radius 3 is 2.35 bits per heavy atom. The number of anilines is 2. The van der Waals surface area contributed by atoms with E-state index in [0.717, 1.165) is 17.1 Å². The normalized spacial score (nSPS) is 11.5. The van der Waals surface area contributed by atoms with Crippen molar-refractivity contribution in [2.45, 2.75) is 30.8 Å². The molecular weight excluding hydrogens is 492 g/mol. The summed E-state index contributed by atoms with van der Waals surface area (Å²) < 4.78 is 7.41. The highest BCUT2D eigenvalue weighted by Gasteiger charge is 2.21. The SMILES string of the molecule is CCOc1ccc(NCc2nnc(S[C@@H](C)C(=O)Nc3ccc([N+](=O)[O-])cc3)n2-c2ccccc2)cc1. The molecule has 4 aromatic rings. The number of nitro benzene ring substituents is 1. The molecule has 10 nitrogen and oxygen atoms in total. The highest BCUT2D eigenvalue weighted by atomic mass is 32.2. The molecule has 190 valence electrons. The number of rotatable bonds is 11. The van der Waals surface area contributed by atoms with Gasteiger partial charge in [-0.05, 0) is 62.4 Å². The zero-order valence-corrected chi connectivity index (χ0v) is 21.1. The second-order valence-corrected chi connectivity index (χ2v) is 9.24. The maximum Gasteiger partial charge on any atom is 0.269 e. The van der Waals surface area contributed by atoms with E-state index in [4.69, 9.17) is 4.74 Å². The Labute approximate surface area is 218 Å². The molecule has 1 amide bonds. The van der Waals surface area contributed by atoms with Crippen LogP contribution in [0.1, 0.15) is 19.7 Å². The number of nitrogens with zero attached hydrogens (tertiary/aromatic N) is 4. The summed E-state index contributed by atoms with van der Waals surface area (Å²) in [6, 6.07) is 23.1. The van der Waals surface area contributed by atoms with Crippen molar-refractivity contribution in [3.8, 4) is 11.4 Å². The molecular formula is C26H26N6O4S. The van der Waals surface area contributed by atoms with Gasteiger partial charge in [0.2, 0.25) is 5.91 Å². The summed E-state index contributed by atoms with van der Waals surface area (Å²) in [6.07, 6.45) is 0. The number of hydrogen-bond acceptors (Lipinski definition) is 8. The van der Waals surface area contributed by atoms with Crippen LogP contribution in [0, 0.1) is 10.1 Å². The molecule has 0 unspecified atom stereocenters. The van der Waals surface area contributed by atoms with Crippen molar-refractivity contribution < 1.29 is 14.5 Å². The molecule has 0 aliphatic carbocycles. The number of para-hydroxylation sites is 1. The Kier molecular flexibility index (Phi) is 8.37. The van der Waals surface area contributed by atoms with Crippen LogP contribution in [-0.2, 0) is 11.3 Å². The van der Waals surface area contributed by atoms with Gasteiger partial charge in [0.25, 0.3) is 5.69 Å². The summed E-state index contributed by atoms with van der Waals surface area (Å²) in [4.78, 5) is 23.2. The number of carbonyl (C=O) groups excluding carboxylic acids is 1. The van der Waals surface area contributed by atoms with Crippen LogP contribution < -0.4 is 15.4 Å². The van der Waals surface area contributed by atoms with Crippen LogP contribution in [-0.4, -0.2) is 37.5 Å². The second-order valence-electron chi connectivity index (χ2n) is 7.93. The van der Waals surface area contributed by atoms with Crippen LogP contribution in [0.3, 0.4) is 0 Å². The van der Waals surface area contributed by atoms with Crippen LogP contribution in [0.5, 0.6) is 5.75 Å². The van der Waals surface area contributed by atoms with E-state index < -0.39 is 10.2 Å². The van der Waals surface area contributed by atoms with E-state index in [1.165, 1.54) is 36.0 Å². The molecule has 0 bridgehead atoms. The van der Waals surface area contributed by atoms with Gasteiger partial charge in [-0.15, -0.1) is 10.2 Å². The number of ether oxygens (including phenoxy) is 1. The van der Waals surface area contributed by atoms with Gasteiger partial charge >= 0.3 is 0 Å². The minimum absolute atomic E-state index is 0.0391. The molecule has 1 atom stereocenters. The van der Waals surface area contributed by atoms with E-state index in [0.29, 0.717) is 29.8 Å². The van der Waals surface area contributed by atoms with E-state index in [9.17, 15) is 14.9 Å². The van der Waals surface area contributed by atoms with Crippen molar-refractivity contribution >= 4 is 34.7 Å². The first-order chi connectivity index (χ1) is 17.9. The standard InChI is InChI=1S/C26H26N6O4S/c1-3-36-23-15-11-19(12-16-23)27-17-24-29-30-26(31(24)21-7-5-4-6-8-21)37-18(2)25(33)28-20-9-13-22(14-10-20)32(34)35/h4-16,18,27H,3,17H2,1-2H3,(H,28,33)/t18-/m0/s1. The van der Waals surface area contributed by atoms with Crippen molar-refractivity contribution in [1.29, 1.82) is 0 Å². The van der Waals surface area contributed by atoms with Gasteiger partial charge < -0.3 is 15.4 Å². The second kappa shape index (κ2) is 12.0. The number of carbonyl (C=O) groups is 1. The van der Waals surface area contributed by atoms with E-state index >= 15 is 0 Å². The number of benzene rings is 3. The van der Waals surface area contributed by atoms with Crippen LogP contribution in [0.15, 0.2) is 84.0 Å². The summed E-state index contributed by atoms with van der Waals surface area (Å²) >= 11 is 1.28. The van der Waals surface area contributed by atoms with E-state index in [2.05, 4.69) is 20.8 Å². The largest absolute Gasteiger partial charge is 0.494 e. The summed E-state index contributed by atoms with van der Waals surface area (Å²) in [5.41, 5.74) is 2.23. The summed E-state index contributed by atoms with van der Waals surface area (Å²) in [7, 11) is 0. The highest BCUT2D eigenvalue weighted by molar-refractivity contribution is 8.00. The Morgan fingerprint density at radius 1 is 1.03 bits per heavy atom. The maximum absolute atomic E-state index is 12.8. The minimum atomic E-state index is -0.506. The van der Waals surface area contributed by atoms with Crippen LogP contribution in [0.2, 0.25) is 0 Å². The Hall–Kier alpha value is -4.38. The number of amides is 1. The average molecular weight is 519 g/mol. The third-order valence-electron chi connectivity index (χ3n) is 5.33. The van der Waals surface area contributed by atoms with Gasteiger partial charge in [0.1, 0.15) is 5.75 Å². The molecule has 0 fully saturated rings. The molecule has 0 saturated carbocycles. The number of aromatic nitrogens is 3. The lowest BCUT2D eigenvalue weighted by Gasteiger charge is -2.14. The molecule has 11 heteroatoms. The average Bonchev–Trinajstić information content (AvgIpc) is 3.31. The van der Waals surface area contributed by atoms with Gasteiger partial charge in [-0.2, -0.15) is 0 Å². The highest BCUT2D eigenvalue weighted by Crippen LogP contribution is 2.27. The molecule has 37 heavy (non-hydrogen) atoms. The van der Waals surface area contributed by atoms with E-state index in [1.54, 1.807) is 6.92 Å². The minimum Gasteiger partial charge on any atom is -0.494 e. The molecule has 1 aromatic heterocycles. The Bertz CT molecular complexity index is 1340. The van der Waals surface area contributed by atoms with E-state index in [-0.39, 0.29) is 11.6 Å². The molecule has 4 rings (SSSR count). The van der Waals surface area contributed by atoms with Gasteiger partial charge in [0, 0.05) is 29.2 Å². The Morgan fingerprint density at radius 2 is 1.70 bits per heavy atom. The number of nitro groups is 1. The van der Waals surface area contributed by atoms with Gasteiger partial charge in [0.15, 0.2) is 11.0 Å². The quantitative estimate of drug-likeness (QED) is 0.156. The van der Waals surface area contributed by atoms with Crippen molar-refractivity contribution in [1.82, 2.24) is 14.8 Å². The zero-order chi connectivity index (χ0) is 26.2. The van der Waals surface area contributed by atoms with Crippen molar-refractivity contribution in [2.24, 2.45) is 0 Å². The van der Waals surface area contributed by atoms with Gasteiger partial charge in [-0.3, -0.25) is 19.5 Å². The molecule has 0 saturated heterocycles. The lowest BCUT2D eigenvalue weighted by atomic mass is 10.3. The molecule has 2 N–H and O–H groups in total. The third-order valence-corrected chi connectivity index (χ3v) is 6.37. The van der Waals surface area contributed by atoms with Crippen LogP contribution in [0.25, 0.3) is 5.69 Å². The van der Waals surface area contributed by atoms with E-state index in [1.807, 2.05) is 66.1 Å². The summed E-state index contributed by atoms with van der Waals surface area (Å²) in [6.45, 7) is 4.74. The summed E-state index contributed by atoms with van der Waals surface area (Å²) in [5.74, 6) is 1.24. The molecule has 0 radical (unpaired) electrons. The van der Waals surface area contributed by atoms with Crippen molar-refractivity contribution in [2.75, 3.05) is 17.2 Å². The smallest absolute Gasteiger partial charge is 0.269 e. The van der Waals surface area contributed by atoms with Crippen LogP contribution >= 0.6 is 11.8 Å². The zero-order valence-electron chi connectivity index (χ0n) is 20.3. The topological polar surface area (TPSA) is 124 Å². The number of non-ortho nitro benzene ring substituents is 1. The third kappa shape index (κ3) is 6.64. The first-order valence-corrected chi connectivity index (χ1v) is 12.5. The number of thioether (sulfide) groups is 1. The van der Waals surface area contributed by atoms with Gasteiger partial charge in [-0.1, -0.05) is 30.0 Å². The first kappa shape index (κ1) is 25.7. The number of nitrogens with one attached hydrogen (secondary N) is 2. The molecule has 3 aromatic carbocycles. The summed E-state index contributed by atoms with van der Waals surface area (Å²) in [5, 5.41) is 25.8. The Balaban J connectivity index is 1.48.